The quantitative estimate of drug-likeness (QED) is 0.574. The lowest BCUT2D eigenvalue weighted by Gasteiger charge is -1.89. The third-order valence-electron chi connectivity index (χ3n) is 1.44. The van der Waals surface area contributed by atoms with Gasteiger partial charge in [-0.3, -0.25) is 4.98 Å². The highest BCUT2D eigenvalue weighted by molar-refractivity contribution is 7.13. The zero-order chi connectivity index (χ0) is 6.97. The normalized spacial score (nSPS) is 10.5. The summed E-state index contributed by atoms with van der Waals surface area (Å²) in [6, 6.07) is 0. The van der Waals surface area contributed by atoms with Crippen LogP contribution in [0.1, 0.15) is 5.56 Å². The summed E-state index contributed by atoms with van der Waals surface area (Å²) in [5, 5.41) is 1.14. The van der Waals surface area contributed by atoms with Gasteiger partial charge in [0.05, 0.1) is 10.9 Å². The Labute approximate surface area is 62.7 Å². The van der Waals surface area contributed by atoms with Crippen molar-refractivity contribution in [2.24, 2.45) is 0 Å². The predicted molar refractivity (Wildman–Crippen MR) is 42.2 cm³/mol. The van der Waals surface area contributed by atoms with Gasteiger partial charge in [-0.1, -0.05) is 0 Å². The van der Waals surface area contributed by atoms with Gasteiger partial charge < -0.3 is 0 Å². The van der Waals surface area contributed by atoms with Crippen LogP contribution in [0.4, 0.5) is 0 Å². The van der Waals surface area contributed by atoms with Crippen LogP contribution in [-0.2, 0) is 0 Å². The number of aromatic nitrogens is 2. The minimum absolute atomic E-state index is 1.14. The van der Waals surface area contributed by atoms with Gasteiger partial charge in [-0.25, -0.2) is 0 Å². The molecule has 0 aliphatic heterocycles. The summed E-state index contributed by atoms with van der Waals surface area (Å²) >= 11 is 1.52. The number of fused-ring (bicyclic) bond motifs is 1. The van der Waals surface area contributed by atoms with Gasteiger partial charge in [0.1, 0.15) is 0 Å². The zero-order valence-electron chi connectivity index (χ0n) is 5.53. The molecule has 50 valence electrons. The second-order valence-corrected chi connectivity index (χ2v) is 3.00. The first-order valence-electron chi connectivity index (χ1n) is 3.03. The van der Waals surface area contributed by atoms with E-state index in [0.29, 0.717) is 0 Å². The molecule has 0 atom stereocenters. The Bertz CT molecular complexity index is 353. The first kappa shape index (κ1) is 5.80. The summed E-state index contributed by atoms with van der Waals surface area (Å²) in [5.74, 6) is 0. The van der Waals surface area contributed by atoms with Gasteiger partial charge in [-0.15, -0.1) is 0 Å². The number of nitrogens with zero attached hydrogens (tertiary/aromatic N) is 2. The lowest BCUT2D eigenvalue weighted by Crippen LogP contribution is -1.73. The maximum absolute atomic E-state index is 4.06. The molecule has 0 saturated heterocycles. The fraction of sp³-hybridized carbons (Fsp3) is 0.143. The SMILES string of the molecule is Cc1cncc2cnsc12. The fourth-order valence-electron chi connectivity index (χ4n) is 0.927. The lowest BCUT2D eigenvalue weighted by atomic mass is 10.3. The van der Waals surface area contributed by atoms with Crippen LogP contribution < -0.4 is 0 Å². The molecular formula is C7H6N2S. The molecule has 0 saturated carbocycles. The van der Waals surface area contributed by atoms with Crippen molar-refractivity contribution >= 4 is 21.6 Å². The summed E-state index contributed by atoms with van der Waals surface area (Å²) in [4.78, 5) is 4.05. The first-order valence-corrected chi connectivity index (χ1v) is 3.80. The van der Waals surface area contributed by atoms with Crippen molar-refractivity contribution < 1.29 is 0 Å². The Kier molecular flexibility index (Phi) is 1.17. The first-order chi connectivity index (χ1) is 4.88. The molecule has 2 aromatic rings. The van der Waals surface area contributed by atoms with E-state index in [2.05, 4.69) is 9.36 Å². The number of rotatable bonds is 0. The molecule has 2 heterocycles. The molecule has 0 bridgehead atoms. The fourth-order valence-corrected chi connectivity index (χ4v) is 1.61. The van der Waals surface area contributed by atoms with Crippen LogP contribution in [0, 0.1) is 6.92 Å². The van der Waals surface area contributed by atoms with E-state index >= 15 is 0 Å². The maximum Gasteiger partial charge on any atom is 0.0609 e. The molecule has 3 heteroatoms. The molecule has 0 aliphatic rings. The van der Waals surface area contributed by atoms with Gasteiger partial charge in [0.25, 0.3) is 0 Å². The number of hydrogen-bond acceptors (Lipinski definition) is 3. The molecule has 2 rings (SSSR count). The molecule has 0 spiro atoms. The molecule has 2 aromatic heterocycles. The van der Waals surface area contributed by atoms with Crippen molar-refractivity contribution in [3.63, 3.8) is 0 Å². The van der Waals surface area contributed by atoms with Crippen molar-refractivity contribution in [3.8, 4) is 0 Å². The Morgan fingerprint density at radius 3 is 3.00 bits per heavy atom. The van der Waals surface area contributed by atoms with E-state index in [0.717, 1.165) is 5.39 Å². The summed E-state index contributed by atoms with van der Waals surface area (Å²) in [6.07, 6.45) is 5.55. The number of aryl methyl sites for hydroxylation is 1. The van der Waals surface area contributed by atoms with E-state index in [1.165, 1.54) is 21.8 Å². The lowest BCUT2D eigenvalue weighted by molar-refractivity contribution is 1.32. The van der Waals surface area contributed by atoms with Crippen LogP contribution in [0.25, 0.3) is 10.1 Å². The minimum Gasteiger partial charge on any atom is -0.264 e. The van der Waals surface area contributed by atoms with Crippen molar-refractivity contribution in [1.29, 1.82) is 0 Å². The van der Waals surface area contributed by atoms with E-state index in [4.69, 9.17) is 0 Å². The molecule has 10 heavy (non-hydrogen) atoms. The maximum atomic E-state index is 4.06. The molecule has 0 N–H and O–H groups in total. The minimum atomic E-state index is 1.14. The molecular weight excluding hydrogens is 144 g/mol. The Balaban J connectivity index is 2.95. The highest BCUT2D eigenvalue weighted by Crippen LogP contribution is 2.19. The topological polar surface area (TPSA) is 25.8 Å². The van der Waals surface area contributed by atoms with Gasteiger partial charge in [0.2, 0.25) is 0 Å². The van der Waals surface area contributed by atoms with Crippen LogP contribution in [0.2, 0.25) is 0 Å². The standard InChI is InChI=1S/C7H6N2S/c1-5-2-8-3-6-4-9-10-7(5)6/h2-4H,1H3. The second kappa shape index (κ2) is 2.02. The zero-order valence-corrected chi connectivity index (χ0v) is 6.35. The van der Waals surface area contributed by atoms with Crippen molar-refractivity contribution in [2.75, 3.05) is 0 Å². The number of pyridine rings is 1. The van der Waals surface area contributed by atoms with Crippen molar-refractivity contribution in [3.05, 3.63) is 24.2 Å². The second-order valence-electron chi connectivity index (χ2n) is 2.20. The molecule has 0 radical (unpaired) electrons. The third-order valence-corrected chi connectivity index (χ3v) is 2.39. The van der Waals surface area contributed by atoms with E-state index in [9.17, 15) is 0 Å². The summed E-state index contributed by atoms with van der Waals surface area (Å²) in [6.45, 7) is 2.05. The highest BCUT2D eigenvalue weighted by atomic mass is 32.1. The van der Waals surface area contributed by atoms with Gasteiger partial charge in [0.15, 0.2) is 0 Å². The third kappa shape index (κ3) is 0.708. The predicted octanol–water partition coefficient (Wildman–Crippen LogP) is 2.00. The van der Waals surface area contributed by atoms with Gasteiger partial charge in [-0.2, -0.15) is 4.37 Å². The average Bonchev–Trinajstić information content (AvgIpc) is 2.36. The molecule has 0 amide bonds. The van der Waals surface area contributed by atoms with Gasteiger partial charge >= 0.3 is 0 Å². The van der Waals surface area contributed by atoms with Gasteiger partial charge in [0, 0.05) is 17.8 Å². The van der Waals surface area contributed by atoms with Crippen LogP contribution in [0.15, 0.2) is 18.6 Å². The average molecular weight is 150 g/mol. The van der Waals surface area contributed by atoms with Crippen molar-refractivity contribution in [1.82, 2.24) is 9.36 Å². The van der Waals surface area contributed by atoms with E-state index < -0.39 is 0 Å². The Hall–Kier alpha value is -0.960. The molecule has 0 fully saturated rings. The van der Waals surface area contributed by atoms with Crippen LogP contribution >= 0.6 is 11.5 Å². The molecule has 0 aliphatic carbocycles. The van der Waals surface area contributed by atoms with Gasteiger partial charge in [-0.05, 0) is 24.0 Å². The smallest absolute Gasteiger partial charge is 0.0609 e. The molecule has 2 nitrogen and oxygen atoms in total. The Morgan fingerprint density at radius 2 is 2.20 bits per heavy atom. The van der Waals surface area contributed by atoms with Crippen LogP contribution in [-0.4, -0.2) is 9.36 Å². The monoisotopic (exact) mass is 150 g/mol. The largest absolute Gasteiger partial charge is 0.264 e. The molecule has 0 aromatic carbocycles. The summed E-state index contributed by atoms with van der Waals surface area (Å²) in [5.41, 5.74) is 1.21. The van der Waals surface area contributed by atoms with E-state index in [-0.39, 0.29) is 0 Å². The highest BCUT2D eigenvalue weighted by Gasteiger charge is 1.97. The molecule has 0 unspecified atom stereocenters. The summed E-state index contributed by atoms with van der Waals surface area (Å²) in [7, 11) is 0. The van der Waals surface area contributed by atoms with E-state index in [1.54, 1.807) is 0 Å². The number of hydrogen-bond donors (Lipinski definition) is 0. The Morgan fingerprint density at radius 1 is 1.30 bits per heavy atom. The summed E-state index contributed by atoms with van der Waals surface area (Å²) < 4.78 is 5.31. The van der Waals surface area contributed by atoms with Crippen molar-refractivity contribution in [2.45, 2.75) is 6.92 Å². The van der Waals surface area contributed by atoms with Crippen LogP contribution in [0.5, 0.6) is 0 Å². The van der Waals surface area contributed by atoms with E-state index in [1.807, 2.05) is 25.5 Å². The van der Waals surface area contributed by atoms with Crippen LogP contribution in [0.3, 0.4) is 0 Å².